The molecular weight excluding hydrogens is 267 g/mol. The quantitative estimate of drug-likeness (QED) is 0.649. The zero-order valence-electron chi connectivity index (χ0n) is 11.2. The second-order valence-corrected chi connectivity index (χ2v) is 4.65. The van der Waals surface area contributed by atoms with E-state index in [1.165, 1.54) is 18.2 Å². The number of aliphatic carboxylic acids is 1. The van der Waals surface area contributed by atoms with Gasteiger partial charge in [0.25, 0.3) is 0 Å². The van der Waals surface area contributed by atoms with Crippen LogP contribution in [0.15, 0.2) is 24.3 Å². The lowest BCUT2D eigenvalue weighted by molar-refractivity contribution is -0.155. The molecule has 0 bridgehead atoms. The monoisotopic (exact) mass is 284 g/mol. The summed E-state index contributed by atoms with van der Waals surface area (Å²) in [5, 5.41) is 22.8. The summed E-state index contributed by atoms with van der Waals surface area (Å²) >= 11 is 0. The number of carboxylic acids is 1. The van der Waals surface area contributed by atoms with Gasteiger partial charge in [0, 0.05) is 5.56 Å². The third kappa shape index (κ3) is 4.20. The summed E-state index contributed by atoms with van der Waals surface area (Å²) in [6.45, 7) is 2.20. The lowest BCUT2D eigenvalue weighted by atomic mass is 10.1. The topological polar surface area (TPSA) is 98.7 Å². The summed E-state index contributed by atoms with van der Waals surface area (Å²) in [5.74, 6) is -1.89. The number of halogens is 1. The maximum Gasteiger partial charge on any atom is 0.337 e. The first-order valence-corrected chi connectivity index (χ1v) is 5.98. The minimum atomic E-state index is -2.06. The van der Waals surface area contributed by atoms with Crippen LogP contribution in [0.1, 0.15) is 25.5 Å². The van der Waals surface area contributed by atoms with Gasteiger partial charge < -0.3 is 20.8 Å². The van der Waals surface area contributed by atoms with E-state index in [9.17, 15) is 19.1 Å². The average Bonchev–Trinajstić information content (AvgIpc) is 2.36. The van der Waals surface area contributed by atoms with E-state index < -0.39 is 36.0 Å². The van der Waals surface area contributed by atoms with Gasteiger partial charge in [-0.3, -0.25) is 0 Å². The minimum Gasteiger partial charge on any atom is -0.479 e. The van der Waals surface area contributed by atoms with Gasteiger partial charge in [-0.05, 0) is 19.9 Å². The number of nitrogens with one attached hydrogen (secondary N) is 2. The molecule has 0 aromatic heterocycles. The van der Waals surface area contributed by atoms with Gasteiger partial charge in [0.05, 0.1) is 12.6 Å². The van der Waals surface area contributed by atoms with E-state index in [1.54, 1.807) is 13.0 Å². The van der Waals surface area contributed by atoms with Gasteiger partial charge in [0.2, 0.25) is 0 Å². The van der Waals surface area contributed by atoms with Gasteiger partial charge in [0.15, 0.2) is 5.60 Å². The molecule has 1 aromatic carbocycles. The highest BCUT2D eigenvalue weighted by Crippen LogP contribution is 2.15. The number of carbonyl (C=O) groups excluding carboxylic acids is 1. The highest BCUT2D eigenvalue weighted by atomic mass is 19.1. The van der Waals surface area contributed by atoms with Crippen molar-refractivity contribution in [3.05, 3.63) is 35.6 Å². The normalized spacial score (nSPS) is 15.0. The number of benzene rings is 1. The molecule has 0 fully saturated rings. The molecular formula is C13H17FN2O4. The predicted octanol–water partition coefficient (Wildman–Crippen LogP) is 1.02. The largest absolute Gasteiger partial charge is 0.479 e. The van der Waals surface area contributed by atoms with Crippen molar-refractivity contribution in [1.29, 1.82) is 0 Å². The predicted molar refractivity (Wildman–Crippen MR) is 69.6 cm³/mol. The highest BCUT2D eigenvalue weighted by Gasteiger charge is 2.30. The minimum absolute atomic E-state index is 0.313. The van der Waals surface area contributed by atoms with Gasteiger partial charge in [-0.15, -0.1) is 0 Å². The molecule has 2 atom stereocenters. The molecule has 0 aliphatic rings. The molecule has 0 heterocycles. The van der Waals surface area contributed by atoms with Crippen molar-refractivity contribution in [3.63, 3.8) is 0 Å². The fourth-order valence-electron chi connectivity index (χ4n) is 1.48. The second kappa shape index (κ2) is 6.33. The molecule has 6 nitrogen and oxygen atoms in total. The summed E-state index contributed by atoms with van der Waals surface area (Å²) in [6.07, 6.45) is 0. The fraction of sp³-hybridized carbons (Fsp3) is 0.385. The molecule has 0 saturated heterocycles. The van der Waals surface area contributed by atoms with E-state index >= 15 is 0 Å². The van der Waals surface area contributed by atoms with Crippen LogP contribution in [0.25, 0.3) is 0 Å². The number of hydrogen-bond donors (Lipinski definition) is 4. The van der Waals surface area contributed by atoms with Crippen molar-refractivity contribution < 1.29 is 24.2 Å². The smallest absolute Gasteiger partial charge is 0.337 e. The van der Waals surface area contributed by atoms with Crippen molar-refractivity contribution in [2.45, 2.75) is 25.5 Å². The van der Waals surface area contributed by atoms with Crippen LogP contribution in [0.2, 0.25) is 0 Å². The molecule has 1 aromatic rings. The van der Waals surface area contributed by atoms with Crippen molar-refractivity contribution >= 4 is 12.0 Å². The molecule has 20 heavy (non-hydrogen) atoms. The Morgan fingerprint density at radius 3 is 2.55 bits per heavy atom. The van der Waals surface area contributed by atoms with Crippen molar-refractivity contribution in [2.75, 3.05) is 6.54 Å². The van der Waals surface area contributed by atoms with Gasteiger partial charge in [-0.25, -0.2) is 14.0 Å². The Bertz CT molecular complexity index is 505. The lowest BCUT2D eigenvalue weighted by Crippen LogP contribution is -2.49. The third-order valence-corrected chi connectivity index (χ3v) is 2.77. The second-order valence-electron chi connectivity index (χ2n) is 4.65. The van der Waals surface area contributed by atoms with Crippen molar-refractivity contribution in [3.8, 4) is 0 Å². The Kier molecular flexibility index (Phi) is 5.04. The molecule has 0 saturated carbocycles. The Hall–Kier alpha value is -2.15. The van der Waals surface area contributed by atoms with Crippen LogP contribution in [0, 0.1) is 5.82 Å². The first kappa shape index (κ1) is 15.9. The average molecular weight is 284 g/mol. The zero-order valence-corrected chi connectivity index (χ0v) is 11.2. The third-order valence-electron chi connectivity index (χ3n) is 2.77. The van der Waals surface area contributed by atoms with Crippen LogP contribution < -0.4 is 10.6 Å². The Balaban J connectivity index is 2.55. The molecule has 0 aliphatic carbocycles. The highest BCUT2D eigenvalue weighted by molar-refractivity contribution is 5.79. The van der Waals surface area contributed by atoms with Crippen LogP contribution in [0.5, 0.6) is 0 Å². The zero-order chi connectivity index (χ0) is 15.3. The number of carbonyl (C=O) groups is 2. The van der Waals surface area contributed by atoms with Crippen LogP contribution in [0.4, 0.5) is 9.18 Å². The van der Waals surface area contributed by atoms with Crippen LogP contribution in [-0.2, 0) is 4.79 Å². The maximum absolute atomic E-state index is 13.5. The van der Waals surface area contributed by atoms with Gasteiger partial charge in [-0.1, -0.05) is 18.2 Å². The number of carboxylic acid groups (broad SMARTS) is 1. The Morgan fingerprint density at radius 1 is 1.40 bits per heavy atom. The first-order valence-electron chi connectivity index (χ1n) is 5.98. The first-order chi connectivity index (χ1) is 9.24. The van der Waals surface area contributed by atoms with Gasteiger partial charge >= 0.3 is 12.0 Å². The van der Waals surface area contributed by atoms with Crippen LogP contribution in [0.3, 0.4) is 0 Å². The van der Waals surface area contributed by atoms with E-state index in [1.807, 2.05) is 0 Å². The van der Waals surface area contributed by atoms with Gasteiger partial charge in [0.1, 0.15) is 5.82 Å². The molecule has 2 unspecified atom stereocenters. The van der Waals surface area contributed by atoms with Crippen LogP contribution >= 0.6 is 0 Å². The number of amides is 2. The van der Waals surface area contributed by atoms with Crippen LogP contribution in [-0.4, -0.2) is 34.4 Å². The van der Waals surface area contributed by atoms with E-state index in [0.717, 1.165) is 6.92 Å². The lowest BCUT2D eigenvalue weighted by Gasteiger charge is -2.20. The van der Waals surface area contributed by atoms with Crippen molar-refractivity contribution in [2.24, 2.45) is 0 Å². The molecule has 0 radical (unpaired) electrons. The van der Waals surface area contributed by atoms with Crippen molar-refractivity contribution in [1.82, 2.24) is 10.6 Å². The molecule has 7 heteroatoms. The molecule has 1 rings (SSSR count). The van der Waals surface area contributed by atoms with E-state index in [2.05, 4.69) is 10.6 Å². The van der Waals surface area contributed by atoms with Gasteiger partial charge in [-0.2, -0.15) is 0 Å². The molecule has 0 spiro atoms. The maximum atomic E-state index is 13.5. The Labute approximate surface area is 115 Å². The van der Waals surface area contributed by atoms with E-state index in [4.69, 9.17) is 5.11 Å². The summed E-state index contributed by atoms with van der Waals surface area (Å²) < 4.78 is 13.5. The number of hydrogen-bond acceptors (Lipinski definition) is 3. The summed E-state index contributed by atoms with van der Waals surface area (Å²) in [5.41, 5.74) is -1.74. The SMILES string of the molecule is CC(NC(=O)NCC(C)(O)C(=O)O)c1ccccc1F. The molecule has 110 valence electrons. The van der Waals surface area contributed by atoms with E-state index in [-0.39, 0.29) is 0 Å². The molecule has 0 aliphatic heterocycles. The standard InChI is InChI=1S/C13H17FN2O4/c1-8(9-5-3-4-6-10(9)14)16-12(19)15-7-13(2,20)11(17)18/h3-6,8,20H,7H2,1-2H3,(H,17,18)(H2,15,16,19). The van der Waals surface area contributed by atoms with E-state index in [0.29, 0.717) is 5.56 Å². The molecule has 4 N–H and O–H groups in total. The summed E-state index contributed by atoms with van der Waals surface area (Å²) in [4.78, 5) is 22.2. The summed E-state index contributed by atoms with van der Waals surface area (Å²) in [6, 6.07) is 4.71. The number of rotatable bonds is 5. The number of aliphatic hydroxyl groups is 1. The number of urea groups is 1. The Morgan fingerprint density at radius 2 is 2.00 bits per heavy atom. The summed E-state index contributed by atoms with van der Waals surface area (Å²) in [7, 11) is 0. The molecule has 2 amide bonds. The fourth-order valence-corrected chi connectivity index (χ4v) is 1.48.